The maximum absolute atomic E-state index is 13.7. The van der Waals surface area contributed by atoms with Gasteiger partial charge in [0.15, 0.2) is 0 Å². The summed E-state index contributed by atoms with van der Waals surface area (Å²) in [5, 5.41) is 15.1. The molecule has 0 radical (unpaired) electrons. The van der Waals surface area contributed by atoms with Gasteiger partial charge in [-0.05, 0) is 55.3 Å². The molecule has 0 aliphatic rings. The van der Waals surface area contributed by atoms with Gasteiger partial charge in [-0.15, -0.1) is 0 Å². The Kier molecular flexibility index (Phi) is 5.62. The number of aryl methyl sites for hydroxylation is 1. The fraction of sp³-hybridized carbons (Fsp3) is 0.263. The van der Waals surface area contributed by atoms with Crippen LogP contribution in [0.3, 0.4) is 0 Å². The second-order valence-corrected chi connectivity index (χ2v) is 6.88. The number of ether oxygens (including phenoxy) is 1. The smallest absolute Gasteiger partial charge is 0.416 e. The summed E-state index contributed by atoms with van der Waals surface area (Å²) < 4.78 is 47.9. The molecule has 0 fully saturated rings. The van der Waals surface area contributed by atoms with Crippen molar-refractivity contribution in [2.75, 3.05) is 0 Å². The van der Waals surface area contributed by atoms with Crippen LogP contribution in [0.1, 0.15) is 24.5 Å². The predicted molar refractivity (Wildman–Crippen MR) is 97.2 cm³/mol. The molecule has 3 rings (SSSR count). The van der Waals surface area contributed by atoms with Crippen LogP contribution < -0.4 is 4.74 Å². The molecule has 5 nitrogen and oxygen atoms in total. The quantitative estimate of drug-likeness (QED) is 0.617. The maximum atomic E-state index is 13.7. The van der Waals surface area contributed by atoms with Crippen LogP contribution >= 0.6 is 11.6 Å². The van der Waals surface area contributed by atoms with E-state index in [0.717, 1.165) is 6.07 Å². The molecule has 0 amide bonds. The Balaban J connectivity index is 1.88. The molecule has 1 atom stereocenters. The lowest BCUT2D eigenvalue weighted by molar-refractivity contribution is -0.140. The number of aromatic nitrogens is 3. The Hall–Kier alpha value is -2.58. The Labute approximate surface area is 164 Å². The summed E-state index contributed by atoms with van der Waals surface area (Å²) in [4.78, 5) is 3.77. The number of rotatable bonds is 6. The van der Waals surface area contributed by atoms with E-state index in [0.29, 0.717) is 10.8 Å². The summed E-state index contributed by atoms with van der Waals surface area (Å²) >= 11 is 5.80. The van der Waals surface area contributed by atoms with E-state index in [-0.39, 0.29) is 24.3 Å². The third-order valence-corrected chi connectivity index (χ3v) is 4.47. The van der Waals surface area contributed by atoms with E-state index < -0.39 is 17.3 Å². The van der Waals surface area contributed by atoms with Gasteiger partial charge in [0.25, 0.3) is 0 Å². The lowest BCUT2D eigenvalue weighted by Crippen LogP contribution is -2.27. The molecular formula is C19H17ClF3N3O2. The normalized spacial score (nSPS) is 13.9. The van der Waals surface area contributed by atoms with Crippen molar-refractivity contribution in [2.45, 2.75) is 31.7 Å². The van der Waals surface area contributed by atoms with Crippen molar-refractivity contribution >= 4 is 11.6 Å². The van der Waals surface area contributed by atoms with E-state index in [4.69, 9.17) is 16.3 Å². The molecule has 0 unspecified atom stereocenters. The van der Waals surface area contributed by atoms with E-state index in [1.807, 2.05) is 0 Å². The van der Waals surface area contributed by atoms with E-state index >= 15 is 0 Å². The first-order valence-corrected chi connectivity index (χ1v) is 8.73. The molecule has 0 aliphatic carbocycles. The molecule has 3 aromatic rings. The number of nitrogens with zero attached hydrogens (tertiary/aromatic N) is 3. The van der Waals surface area contributed by atoms with E-state index in [1.54, 1.807) is 24.3 Å². The van der Waals surface area contributed by atoms with Gasteiger partial charge in [0, 0.05) is 11.6 Å². The summed E-state index contributed by atoms with van der Waals surface area (Å²) in [5.41, 5.74) is -2.92. The first-order valence-electron chi connectivity index (χ1n) is 8.35. The number of aliphatic hydroxyl groups is 1. The maximum Gasteiger partial charge on any atom is 0.416 e. The average Bonchev–Trinajstić information content (AvgIpc) is 3.15. The molecule has 0 saturated heterocycles. The molecule has 9 heteroatoms. The molecule has 1 aromatic heterocycles. The highest BCUT2D eigenvalue weighted by molar-refractivity contribution is 6.30. The van der Waals surface area contributed by atoms with Crippen LogP contribution in [0.4, 0.5) is 13.2 Å². The Morgan fingerprint density at radius 3 is 2.36 bits per heavy atom. The molecule has 1 heterocycles. The molecule has 0 saturated carbocycles. The average molecular weight is 412 g/mol. The molecule has 0 aliphatic heterocycles. The summed E-state index contributed by atoms with van der Waals surface area (Å²) in [6, 6.07) is 9.76. The number of hydrogen-bond donors (Lipinski definition) is 1. The van der Waals surface area contributed by atoms with Gasteiger partial charge in [-0.25, -0.2) is 4.98 Å². The van der Waals surface area contributed by atoms with Crippen LogP contribution in [0.25, 0.3) is 0 Å². The SMILES string of the molecule is C[C@](O)(CCn1cncn1)c1ccc(Oc2ccc(Cl)cc2)cc1C(F)(F)F. The van der Waals surface area contributed by atoms with Crippen LogP contribution in [-0.4, -0.2) is 19.9 Å². The molecule has 148 valence electrons. The van der Waals surface area contributed by atoms with Crippen LogP contribution in [0.2, 0.25) is 5.02 Å². The third kappa shape index (κ3) is 4.82. The fourth-order valence-corrected chi connectivity index (χ4v) is 2.87. The monoisotopic (exact) mass is 411 g/mol. The first kappa shape index (κ1) is 20.2. The summed E-state index contributed by atoms with van der Waals surface area (Å²) in [6.45, 7) is 1.56. The lowest BCUT2D eigenvalue weighted by atomic mass is 9.88. The minimum atomic E-state index is -4.66. The van der Waals surface area contributed by atoms with Crippen molar-refractivity contribution in [3.8, 4) is 11.5 Å². The van der Waals surface area contributed by atoms with Gasteiger partial charge in [-0.3, -0.25) is 4.68 Å². The van der Waals surface area contributed by atoms with Crippen LogP contribution in [0, 0.1) is 0 Å². The molecule has 2 aromatic carbocycles. The third-order valence-electron chi connectivity index (χ3n) is 4.22. The highest BCUT2D eigenvalue weighted by Crippen LogP contribution is 2.40. The van der Waals surface area contributed by atoms with Crippen molar-refractivity contribution in [3.05, 3.63) is 71.3 Å². The van der Waals surface area contributed by atoms with Crippen molar-refractivity contribution in [3.63, 3.8) is 0 Å². The van der Waals surface area contributed by atoms with Crippen molar-refractivity contribution in [1.82, 2.24) is 14.8 Å². The minimum Gasteiger partial charge on any atom is -0.457 e. The lowest BCUT2D eigenvalue weighted by Gasteiger charge is -2.27. The van der Waals surface area contributed by atoms with E-state index in [2.05, 4.69) is 10.1 Å². The van der Waals surface area contributed by atoms with Gasteiger partial charge >= 0.3 is 6.18 Å². The van der Waals surface area contributed by atoms with Crippen molar-refractivity contribution in [2.24, 2.45) is 0 Å². The molecule has 1 N–H and O–H groups in total. The minimum absolute atomic E-state index is 0.00507. The summed E-state index contributed by atoms with van der Waals surface area (Å²) in [7, 11) is 0. The Morgan fingerprint density at radius 1 is 1.07 bits per heavy atom. The zero-order chi connectivity index (χ0) is 20.4. The second-order valence-electron chi connectivity index (χ2n) is 6.44. The summed E-state index contributed by atoms with van der Waals surface area (Å²) in [6.07, 6.45) is -1.88. The van der Waals surface area contributed by atoms with Crippen LogP contribution in [-0.2, 0) is 18.3 Å². The number of halogens is 4. The zero-order valence-electron chi connectivity index (χ0n) is 14.8. The molecule has 0 bridgehead atoms. The number of alkyl halides is 3. The topological polar surface area (TPSA) is 60.2 Å². The van der Waals surface area contributed by atoms with Gasteiger partial charge in [0.05, 0.1) is 11.2 Å². The highest BCUT2D eigenvalue weighted by Gasteiger charge is 2.39. The van der Waals surface area contributed by atoms with Gasteiger partial charge in [0.1, 0.15) is 24.2 Å². The standard InChI is InChI=1S/C19H17ClF3N3O2/c1-18(27,8-9-26-12-24-11-25-26)16-7-6-15(10-17(16)19(21,22)23)28-14-4-2-13(20)3-5-14/h2-7,10-12,27H,8-9H2,1H3/t18-/m0/s1. The second kappa shape index (κ2) is 7.81. The molecule has 0 spiro atoms. The Bertz CT molecular complexity index is 927. The largest absolute Gasteiger partial charge is 0.457 e. The predicted octanol–water partition coefficient (Wildman–Crippen LogP) is 5.04. The zero-order valence-corrected chi connectivity index (χ0v) is 15.6. The van der Waals surface area contributed by atoms with E-state index in [1.165, 1.54) is 36.4 Å². The van der Waals surface area contributed by atoms with Gasteiger partial charge in [0.2, 0.25) is 0 Å². The van der Waals surface area contributed by atoms with Crippen LogP contribution in [0.15, 0.2) is 55.1 Å². The van der Waals surface area contributed by atoms with Crippen molar-refractivity contribution in [1.29, 1.82) is 0 Å². The van der Waals surface area contributed by atoms with E-state index in [9.17, 15) is 18.3 Å². The number of hydrogen-bond acceptors (Lipinski definition) is 4. The van der Waals surface area contributed by atoms with Gasteiger partial charge in [-0.1, -0.05) is 17.7 Å². The Morgan fingerprint density at radius 2 is 1.75 bits per heavy atom. The van der Waals surface area contributed by atoms with Gasteiger partial charge < -0.3 is 9.84 Å². The summed E-state index contributed by atoms with van der Waals surface area (Å²) in [5.74, 6) is 0.355. The fourth-order valence-electron chi connectivity index (χ4n) is 2.74. The van der Waals surface area contributed by atoms with Crippen molar-refractivity contribution < 1.29 is 23.0 Å². The van der Waals surface area contributed by atoms with Crippen LogP contribution in [0.5, 0.6) is 11.5 Å². The molecule has 28 heavy (non-hydrogen) atoms. The number of benzene rings is 2. The first-order chi connectivity index (χ1) is 13.1. The van der Waals surface area contributed by atoms with Gasteiger partial charge in [-0.2, -0.15) is 18.3 Å². The highest BCUT2D eigenvalue weighted by atomic mass is 35.5. The molecular weight excluding hydrogens is 395 g/mol.